The van der Waals surface area contributed by atoms with Crippen LogP contribution < -0.4 is 14.2 Å². The summed E-state index contributed by atoms with van der Waals surface area (Å²) in [7, 11) is -4.06. The molecule has 166 valence electrons. The maximum absolute atomic E-state index is 12.7. The number of carbonyl (C=O) groups excluding carboxylic acids is 1. The average molecular weight is 438 g/mol. The molecule has 1 N–H and O–H groups in total. The van der Waals surface area contributed by atoms with Crippen LogP contribution in [0.15, 0.2) is 18.2 Å². The van der Waals surface area contributed by atoms with Crippen molar-refractivity contribution >= 4 is 22.5 Å². The van der Waals surface area contributed by atoms with E-state index >= 15 is 0 Å². The van der Waals surface area contributed by atoms with Gasteiger partial charge in [0.1, 0.15) is 11.5 Å². The highest BCUT2D eigenvalue weighted by atomic mass is 28.4. The number of hydrogen-bond donors (Lipinski definition) is 1. The van der Waals surface area contributed by atoms with Gasteiger partial charge in [-0.25, -0.2) is 0 Å². The second-order valence-corrected chi connectivity index (χ2v) is 20.5. The minimum atomic E-state index is -2.03. The summed E-state index contributed by atoms with van der Waals surface area (Å²) in [6, 6.07) is 5.68. The average Bonchev–Trinajstić information content (AvgIpc) is 2.51. The number of hydrogen-bond acceptors (Lipinski definition) is 3. The molecule has 0 atom stereocenters. The SMILES string of the molecule is CCCCNC(=O)c1cc(O[Si](C)(C)C(C)(C)C)cc(O[Si](C)(C)C(C)(C)C)c1. The highest BCUT2D eigenvalue weighted by Crippen LogP contribution is 2.40. The standard InChI is InChI=1S/C23H43NO3Si2/c1-12-13-14-24-21(25)18-15-19(26-28(8,9)22(2,3)4)17-20(16-18)27-29(10,11)23(5,6)7/h15-17H,12-14H2,1-11H3,(H,24,25). The van der Waals surface area contributed by atoms with Crippen molar-refractivity contribution in [2.45, 2.75) is 97.6 Å². The Balaban J connectivity index is 3.31. The van der Waals surface area contributed by atoms with E-state index in [9.17, 15) is 4.79 Å². The van der Waals surface area contributed by atoms with Crippen LogP contribution in [-0.4, -0.2) is 29.1 Å². The number of unbranched alkanes of at least 4 members (excludes halogenated alkanes) is 1. The third-order valence-corrected chi connectivity index (χ3v) is 15.0. The molecule has 29 heavy (non-hydrogen) atoms. The Morgan fingerprint density at radius 3 is 1.62 bits per heavy atom. The molecule has 0 aliphatic rings. The van der Waals surface area contributed by atoms with Gasteiger partial charge in [-0.1, -0.05) is 54.9 Å². The molecule has 0 aliphatic heterocycles. The Kier molecular flexibility index (Phi) is 8.22. The Labute approximate surface area is 181 Å². The van der Waals surface area contributed by atoms with Gasteiger partial charge in [-0.05, 0) is 54.8 Å². The first-order chi connectivity index (χ1) is 13.0. The lowest BCUT2D eigenvalue weighted by Gasteiger charge is -2.38. The molecular formula is C23H43NO3Si2. The van der Waals surface area contributed by atoms with Gasteiger partial charge < -0.3 is 14.2 Å². The fourth-order valence-electron chi connectivity index (χ4n) is 2.20. The molecule has 0 aliphatic carbocycles. The van der Waals surface area contributed by atoms with Crippen LogP contribution in [0.1, 0.15) is 71.7 Å². The highest BCUT2D eigenvalue weighted by Gasteiger charge is 2.40. The quantitative estimate of drug-likeness (QED) is 0.352. The van der Waals surface area contributed by atoms with Crippen molar-refractivity contribution in [3.8, 4) is 11.5 Å². The van der Waals surface area contributed by atoms with E-state index in [0.29, 0.717) is 12.1 Å². The maximum Gasteiger partial charge on any atom is 0.251 e. The lowest BCUT2D eigenvalue weighted by atomic mass is 10.2. The van der Waals surface area contributed by atoms with Gasteiger partial charge in [-0.3, -0.25) is 4.79 Å². The molecule has 0 aromatic heterocycles. The number of nitrogens with one attached hydrogen (secondary N) is 1. The van der Waals surface area contributed by atoms with Crippen LogP contribution in [0, 0.1) is 0 Å². The fourth-order valence-corrected chi connectivity index (χ4v) is 4.22. The van der Waals surface area contributed by atoms with Crippen molar-refractivity contribution in [3.05, 3.63) is 23.8 Å². The summed E-state index contributed by atoms with van der Waals surface area (Å²) in [5, 5.41) is 3.17. The summed E-state index contributed by atoms with van der Waals surface area (Å²) in [4.78, 5) is 12.7. The normalized spacial score (nSPS) is 13.2. The van der Waals surface area contributed by atoms with Crippen molar-refractivity contribution in [3.63, 3.8) is 0 Å². The number of amides is 1. The minimum absolute atomic E-state index is 0.0702. The molecule has 0 radical (unpaired) electrons. The van der Waals surface area contributed by atoms with E-state index in [2.05, 4.69) is 80.0 Å². The first-order valence-electron chi connectivity index (χ1n) is 10.8. The van der Waals surface area contributed by atoms with Crippen molar-refractivity contribution in [1.82, 2.24) is 5.32 Å². The topological polar surface area (TPSA) is 47.6 Å². The van der Waals surface area contributed by atoms with Gasteiger partial charge in [0.15, 0.2) is 0 Å². The molecule has 1 rings (SSSR count). The van der Waals surface area contributed by atoms with Gasteiger partial charge in [-0.2, -0.15) is 0 Å². The molecule has 0 bridgehead atoms. The Morgan fingerprint density at radius 2 is 1.28 bits per heavy atom. The molecule has 1 aromatic rings. The van der Waals surface area contributed by atoms with Crippen molar-refractivity contribution < 1.29 is 13.6 Å². The van der Waals surface area contributed by atoms with Gasteiger partial charge >= 0.3 is 0 Å². The predicted octanol–water partition coefficient (Wildman–Crippen LogP) is 6.98. The monoisotopic (exact) mass is 437 g/mol. The van der Waals surface area contributed by atoms with Gasteiger partial charge in [0, 0.05) is 18.2 Å². The van der Waals surface area contributed by atoms with Crippen molar-refractivity contribution in [1.29, 1.82) is 0 Å². The lowest BCUT2D eigenvalue weighted by molar-refractivity contribution is 0.0952. The highest BCUT2D eigenvalue weighted by molar-refractivity contribution is 6.75. The van der Waals surface area contributed by atoms with Crippen LogP contribution >= 0.6 is 0 Å². The molecule has 0 saturated heterocycles. The summed E-state index contributed by atoms with van der Waals surface area (Å²) in [5.74, 6) is 1.39. The van der Waals surface area contributed by atoms with Crippen LogP contribution in [-0.2, 0) is 0 Å². The van der Waals surface area contributed by atoms with E-state index in [-0.39, 0.29) is 16.0 Å². The third-order valence-electron chi connectivity index (χ3n) is 6.32. The summed E-state index contributed by atoms with van der Waals surface area (Å²) in [6.07, 6.45) is 2.02. The van der Waals surface area contributed by atoms with Gasteiger partial charge in [0.2, 0.25) is 16.6 Å². The zero-order chi connectivity index (χ0) is 22.7. The summed E-state index contributed by atoms with van der Waals surface area (Å²) < 4.78 is 13.0. The van der Waals surface area contributed by atoms with Crippen molar-refractivity contribution in [2.24, 2.45) is 0 Å². The summed E-state index contributed by atoms with van der Waals surface area (Å²) in [5.41, 5.74) is 0.603. The van der Waals surface area contributed by atoms with Crippen LogP contribution in [0.5, 0.6) is 11.5 Å². The molecule has 4 nitrogen and oxygen atoms in total. The molecule has 6 heteroatoms. The molecule has 1 aromatic carbocycles. The zero-order valence-electron chi connectivity index (χ0n) is 20.6. The Morgan fingerprint density at radius 1 is 0.862 bits per heavy atom. The molecule has 0 heterocycles. The van der Waals surface area contributed by atoms with Gasteiger partial charge in [-0.15, -0.1) is 0 Å². The van der Waals surface area contributed by atoms with E-state index in [1.165, 1.54) is 0 Å². The van der Waals surface area contributed by atoms with Crippen LogP contribution in [0.2, 0.25) is 36.3 Å². The smallest absolute Gasteiger partial charge is 0.251 e. The van der Waals surface area contributed by atoms with E-state index < -0.39 is 16.6 Å². The van der Waals surface area contributed by atoms with Crippen LogP contribution in [0.4, 0.5) is 0 Å². The second kappa shape index (κ2) is 9.25. The molecule has 0 unspecified atom stereocenters. The molecule has 0 spiro atoms. The second-order valence-electron chi connectivity index (χ2n) is 11.0. The first-order valence-corrected chi connectivity index (χ1v) is 16.6. The van der Waals surface area contributed by atoms with Crippen molar-refractivity contribution in [2.75, 3.05) is 6.54 Å². The van der Waals surface area contributed by atoms with Crippen LogP contribution in [0.25, 0.3) is 0 Å². The van der Waals surface area contributed by atoms with Crippen LogP contribution in [0.3, 0.4) is 0 Å². The van der Waals surface area contributed by atoms with E-state index in [0.717, 1.165) is 24.3 Å². The fraction of sp³-hybridized carbons (Fsp3) is 0.696. The van der Waals surface area contributed by atoms with E-state index in [1.807, 2.05) is 18.2 Å². The van der Waals surface area contributed by atoms with Gasteiger partial charge in [0.25, 0.3) is 5.91 Å². The molecule has 1 amide bonds. The largest absolute Gasteiger partial charge is 0.543 e. The van der Waals surface area contributed by atoms with E-state index in [4.69, 9.17) is 8.85 Å². The Hall–Kier alpha value is -1.28. The van der Waals surface area contributed by atoms with Gasteiger partial charge in [0.05, 0.1) is 0 Å². The number of benzene rings is 1. The molecule has 0 fully saturated rings. The minimum Gasteiger partial charge on any atom is -0.543 e. The van der Waals surface area contributed by atoms with E-state index in [1.54, 1.807) is 0 Å². The predicted molar refractivity (Wildman–Crippen MR) is 129 cm³/mol. The lowest BCUT2D eigenvalue weighted by Crippen LogP contribution is -2.44. The zero-order valence-corrected chi connectivity index (χ0v) is 22.6. The third kappa shape index (κ3) is 7.17. The maximum atomic E-state index is 12.7. The molecule has 0 saturated carbocycles. The Bertz CT molecular complexity index is 655. The summed E-state index contributed by atoms with van der Waals surface area (Å²) >= 11 is 0. The first kappa shape index (κ1) is 25.8. The number of rotatable bonds is 8. The summed E-state index contributed by atoms with van der Waals surface area (Å²) in [6.45, 7) is 25.0. The molecular weight excluding hydrogens is 394 g/mol. The number of carbonyl (C=O) groups is 1.